The number of piperazine rings is 1. The molecule has 2 aliphatic heterocycles. The fourth-order valence-corrected chi connectivity index (χ4v) is 3.74. The molecule has 2 saturated heterocycles. The Morgan fingerprint density at radius 1 is 1.30 bits per heavy atom. The number of rotatable bonds is 4. The van der Waals surface area contributed by atoms with E-state index in [4.69, 9.17) is 4.74 Å². The summed E-state index contributed by atoms with van der Waals surface area (Å²) < 4.78 is 5.27. The van der Waals surface area contributed by atoms with Crippen molar-refractivity contribution in [3.63, 3.8) is 0 Å². The topological polar surface area (TPSA) is 15.7 Å². The molecular weight excluding hydrogens is 248 g/mol. The number of hydrogen-bond donors (Lipinski definition) is 0. The monoisotopic (exact) mass is 274 g/mol. The average molecular weight is 274 g/mol. The number of methoxy groups -OCH3 is 1. The van der Waals surface area contributed by atoms with Crippen molar-refractivity contribution in [3.8, 4) is 0 Å². The van der Waals surface area contributed by atoms with E-state index in [1.807, 2.05) is 0 Å². The maximum Gasteiger partial charge on any atom is 0.0713 e. The minimum atomic E-state index is 0.655. The normalized spacial score (nSPS) is 26.8. The van der Waals surface area contributed by atoms with Crippen molar-refractivity contribution in [2.24, 2.45) is 0 Å². The Hall–Kier alpha value is -1.06. The first-order valence-corrected chi connectivity index (χ1v) is 7.90. The minimum absolute atomic E-state index is 0.655. The third-order valence-electron chi connectivity index (χ3n) is 4.82. The van der Waals surface area contributed by atoms with E-state index in [2.05, 4.69) is 41.0 Å². The molecule has 0 bridgehead atoms. The van der Waals surface area contributed by atoms with Crippen LogP contribution in [-0.4, -0.2) is 43.7 Å². The number of hydrogen-bond acceptors (Lipinski definition) is 3. The van der Waals surface area contributed by atoms with Gasteiger partial charge in [-0.3, -0.25) is 4.90 Å². The molecule has 0 aliphatic carbocycles. The smallest absolute Gasteiger partial charge is 0.0713 e. The van der Waals surface area contributed by atoms with Gasteiger partial charge in [0.05, 0.1) is 6.61 Å². The molecule has 20 heavy (non-hydrogen) atoms. The minimum Gasteiger partial charge on any atom is -0.380 e. The highest BCUT2D eigenvalue weighted by Gasteiger charge is 2.35. The van der Waals surface area contributed by atoms with Crippen LogP contribution in [0.15, 0.2) is 24.3 Å². The summed E-state index contributed by atoms with van der Waals surface area (Å²) in [5.74, 6) is 0. The van der Waals surface area contributed by atoms with E-state index in [0.717, 1.165) is 6.04 Å². The summed E-state index contributed by atoms with van der Waals surface area (Å²) in [5.41, 5.74) is 2.65. The lowest BCUT2D eigenvalue weighted by atomic mass is 10.0. The molecule has 3 nitrogen and oxygen atoms in total. The highest BCUT2D eigenvalue weighted by molar-refractivity contribution is 5.50. The molecule has 2 aliphatic rings. The van der Waals surface area contributed by atoms with Crippen molar-refractivity contribution < 1.29 is 4.74 Å². The van der Waals surface area contributed by atoms with E-state index >= 15 is 0 Å². The van der Waals surface area contributed by atoms with Crippen molar-refractivity contribution >= 4 is 5.69 Å². The third-order valence-corrected chi connectivity index (χ3v) is 4.82. The van der Waals surface area contributed by atoms with E-state index in [0.29, 0.717) is 12.6 Å². The van der Waals surface area contributed by atoms with Gasteiger partial charge in [0.1, 0.15) is 0 Å². The molecule has 0 spiro atoms. The summed E-state index contributed by atoms with van der Waals surface area (Å²) in [6, 6.07) is 10.3. The van der Waals surface area contributed by atoms with Crippen molar-refractivity contribution in [2.45, 2.75) is 44.9 Å². The van der Waals surface area contributed by atoms with Crippen LogP contribution < -0.4 is 4.90 Å². The van der Waals surface area contributed by atoms with Gasteiger partial charge in [-0.2, -0.15) is 0 Å². The highest BCUT2D eigenvalue weighted by Crippen LogP contribution is 2.30. The van der Waals surface area contributed by atoms with Crippen molar-refractivity contribution in [3.05, 3.63) is 29.8 Å². The summed E-state index contributed by atoms with van der Waals surface area (Å²) in [6.07, 6.45) is 3.96. The number of anilines is 1. The molecule has 0 amide bonds. The summed E-state index contributed by atoms with van der Waals surface area (Å²) in [4.78, 5) is 5.33. The van der Waals surface area contributed by atoms with Crippen molar-refractivity contribution in [1.82, 2.24) is 4.90 Å². The van der Waals surface area contributed by atoms with Gasteiger partial charge in [-0.15, -0.1) is 0 Å². The van der Waals surface area contributed by atoms with Gasteiger partial charge in [0.25, 0.3) is 0 Å². The Morgan fingerprint density at radius 3 is 3.00 bits per heavy atom. The Morgan fingerprint density at radius 2 is 2.20 bits per heavy atom. The van der Waals surface area contributed by atoms with Crippen LogP contribution in [0.2, 0.25) is 0 Å². The molecular formula is C17H26N2O. The lowest BCUT2D eigenvalue weighted by Crippen LogP contribution is -2.56. The van der Waals surface area contributed by atoms with E-state index in [9.17, 15) is 0 Å². The van der Waals surface area contributed by atoms with Crippen molar-refractivity contribution in [2.75, 3.05) is 31.6 Å². The van der Waals surface area contributed by atoms with Gasteiger partial charge in [0.2, 0.25) is 0 Å². The molecule has 2 heterocycles. The molecule has 0 aromatic heterocycles. The van der Waals surface area contributed by atoms with E-state index < -0.39 is 0 Å². The first kappa shape index (κ1) is 13.9. The van der Waals surface area contributed by atoms with Crippen LogP contribution in [0.4, 0.5) is 5.69 Å². The Labute approximate surface area is 122 Å². The van der Waals surface area contributed by atoms with Gasteiger partial charge >= 0.3 is 0 Å². The summed E-state index contributed by atoms with van der Waals surface area (Å²) in [7, 11) is 1.76. The first-order valence-electron chi connectivity index (χ1n) is 7.90. The van der Waals surface area contributed by atoms with Gasteiger partial charge in [-0.05, 0) is 43.5 Å². The van der Waals surface area contributed by atoms with Gasteiger partial charge < -0.3 is 9.64 Å². The van der Waals surface area contributed by atoms with Gasteiger partial charge in [0, 0.05) is 38.0 Å². The number of ether oxygens (including phenoxy) is 1. The largest absolute Gasteiger partial charge is 0.380 e. The zero-order valence-electron chi connectivity index (χ0n) is 12.7. The Kier molecular flexibility index (Phi) is 4.27. The van der Waals surface area contributed by atoms with Crippen LogP contribution in [0, 0.1) is 0 Å². The van der Waals surface area contributed by atoms with Crippen LogP contribution >= 0.6 is 0 Å². The quantitative estimate of drug-likeness (QED) is 0.839. The zero-order chi connectivity index (χ0) is 13.9. The molecule has 3 rings (SSSR count). The van der Waals surface area contributed by atoms with E-state index in [1.165, 1.54) is 50.1 Å². The molecule has 0 radical (unpaired) electrons. The van der Waals surface area contributed by atoms with E-state index in [1.54, 1.807) is 7.11 Å². The van der Waals surface area contributed by atoms with E-state index in [-0.39, 0.29) is 0 Å². The summed E-state index contributed by atoms with van der Waals surface area (Å²) >= 11 is 0. The molecule has 1 aromatic rings. The lowest BCUT2D eigenvalue weighted by Gasteiger charge is -2.45. The standard InChI is InChI=1S/C17H26N2O/c1-3-15-11-18-9-5-8-17(18)12-19(15)16-7-4-6-14(10-16)13-20-2/h4,6-7,10,15,17H,3,5,8-9,11-13H2,1-2H3. The van der Waals surface area contributed by atoms with Crippen LogP contribution in [0.1, 0.15) is 31.7 Å². The molecule has 2 fully saturated rings. The molecule has 2 atom stereocenters. The number of fused-ring (bicyclic) bond motifs is 1. The highest BCUT2D eigenvalue weighted by atomic mass is 16.5. The first-order chi connectivity index (χ1) is 9.81. The fourth-order valence-electron chi connectivity index (χ4n) is 3.74. The second-order valence-electron chi connectivity index (χ2n) is 6.11. The predicted octanol–water partition coefficient (Wildman–Crippen LogP) is 2.90. The summed E-state index contributed by atoms with van der Waals surface area (Å²) in [5, 5.41) is 0. The second-order valence-corrected chi connectivity index (χ2v) is 6.11. The maximum absolute atomic E-state index is 5.27. The summed E-state index contributed by atoms with van der Waals surface area (Å²) in [6.45, 7) is 6.74. The zero-order valence-corrected chi connectivity index (χ0v) is 12.7. The lowest BCUT2D eigenvalue weighted by molar-refractivity contribution is 0.184. The predicted molar refractivity (Wildman–Crippen MR) is 83.2 cm³/mol. The van der Waals surface area contributed by atoms with Crippen LogP contribution in [-0.2, 0) is 11.3 Å². The van der Waals surface area contributed by atoms with Crippen molar-refractivity contribution in [1.29, 1.82) is 0 Å². The van der Waals surface area contributed by atoms with Crippen LogP contribution in [0.5, 0.6) is 0 Å². The SMILES string of the molecule is CCC1CN2CCCC2CN1c1cccc(COC)c1. The fraction of sp³-hybridized carbons (Fsp3) is 0.647. The maximum atomic E-state index is 5.27. The molecule has 110 valence electrons. The second kappa shape index (κ2) is 6.15. The molecule has 2 unspecified atom stereocenters. The van der Waals surface area contributed by atoms with Gasteiger partial charge in [0.15, 0.2) is 0 Å². The average Bonchev–Trinajstić information content (AvgIpc) is 2.93. The molecule has 0 N–H and O–H groups in total. The Bertz CT molecular complexity index is 448. The van der Waals surface area contributed by atoms with Gasteiger partial charge in [-0.1, -0.05) is 19.1 Å². The Balaban J connectivity index is 1.81. The molecule has 3 heteroatoms. The van der Waals surface area contributed by atoms with Gasteiger partial charge in [-0.25, -0.2) is 0 Å². The third kappa shape index (κ3) is 2.70. The number of benzene rings is 1. The van der Waals surface area contributed by atoms with Crippen LogP contribution in [0.25, 0.3) is 0 Å². The molecule has 1 aromatic carbocycles. The van der Waals surface area contributed by atoms with Crippen LogP contribution in [0.3, 0.4) is 0 Å². The molecule has 0 saturated carbocycles. The number of nitrogens with zero attached hydrogens (tertiary/aromatic N) is 2.